The van der Waals surface area contributed by atoms with Gasteiger partial charge in [0.05, 0.1) is 10.6 Å². The van der Waals surface area contributed by atoms with Gasteiger partial charge in [0.25, 0.3) is 10.0 Å². The van der Waals surface area contributed by atoms with Crippen molar-refractivity contribution in [3.63, 3.8) is 0 Å². The Morgan fingerprint density at radius 3 is 2.00 bits per heavy atom. The quantitative estimate of drug-likeness (QED) is 0.106. The SMILES string of the molecule is CCCCNC(=O)C(Cc1ccccc1)N(Cc1cccc(C)c1)C(=O)CN(c1ccc(Oc2ccccc2)cc1)S(=O)(=O)c1ccc(C)cc1. The summed E-state index contributed by atoms with van der Waals surface area (Å²) < 4.78 is 35.9. The predicted molar refractivity (Wildman–Crippen MR) is 202 cm³/mol. The molecule has 264 valence electrons. The van der Waals surface area contributed by atoms with Crippen LogP contribution in [0.3, 0.4) is 0 Å². The molecule has 0 spiro atoms. The first kappa shape index (κ1) is 36.9. The first-order valence-corrected chi connectivity index (χ1v) is 18.7. The zero-order valence-corrected chi connectivity index (χ0v) is 30.2. The Morgan fingerprint density at radius 2 is 1.35 bits per heavy atom. The summed E-state index contributed by atoms with van der Waals surface area (Å²) in [4.78, 5) is 30.3. The van der Waals surface area contributed by atoms with E-state index in [9.17, 15) is 18.0 Å². The number of rotatable bonds is 16. The van der Waals surface area contributed by atoms with Crippen molar-refractivity contribution < 1.29 is 22.7 Å². The zero-order chi connectivity index (χ0) is 36.2. The summed E-state index contributed by atoms with van der Waals surface area (Å²) in [6.45, 7) is 5.94. The van der Waals surface area contributed by atoms with Crippen LogP contribution < -0.4 is 14.4 Å². The average molecular weight is 704 g/mol. The molecule has 0 bridgehead atoms. The fraction of sp³-hybridized carbons (Fsp3) is 0.238. The van der Waals surface area contributed by atoms with Crippen LogP contribution in [0.5, 0.6) is 11.5 Å². The second kappa shape index (κ2) is 17.5. The number of hydrogen-bond donors (Lipinski definition) is 1. The van der Waals surface area contributed by atoms with Gasteiger partial charge in [-0.1, -0.05) is 109 Å². The molecule has 0 aromatic heterocycles. The molecule has 1 unspecified atom stereocenters. The number of para-hydroxylation sites is 1. The fourth-order valence-corrected chi connectivity index (χ4v) is 7.15. The lowest BCUT2D eigenvalue weighted by molar-refractivity contribution is -0.140. The largest absolute Gasteiger partial charge is 0.457 e. The van der Waals surface area contributed by atoms with Crippen LogP contribution in [-0.4, -0.2) is 44.3 Å². The van der Waals surface area contributed by atoms with Crippen LogP contribution in [0, 0.1) is 13.8 Å². The molecule has 0 fully saturated rings. The first-order valence-electron chi connectivity index (χ1n) is 17.2. The van der Waals surface area contributed by atoms with E-state index in [-0.39, 0.29) is 29.5 Å². The van der Waals surface area contributed by atoms with E-state index in [1.165, 1.54) is 4.90 Å². The van der Waals surface area contributed by atoms with Crippen LogP contribution in [0.4, 0.5) is 5.69 Å². The number of nitrogens with one attached hydrogen (secondary N) is 1. The minimum Gasteiger partial charge on any atom is -0.457 e. The van der Waals surface area contributed by atoms with Crippen LogP contribution in [0.2, 0.25) is 0 Å². The molecule has 0 aliphatic heterocycles. The highest BCUT2D eigenvalue weighted by molar-refractivity contribution is 7.92. The Balaban J connectivity index is 1.55. The first-order chi connectivity index (χ1) is 24.6. The predicted octanol–water partition coefficient (Wildman–Crippen LogP) is 7.85. The molecule has 5 aromatic rings. The van der Waals surface area contributed by atoms with Crippen molar-refractivity contribution in [2.24, 2.45) is 0 Å². The molecular formula is C42H45N3O5S. The van der Waals surface area contributed by atoms with Crippen LogP contribution >= 0.6 is 0 Å². The van der Waals surface area contributed by atoms with Gasteiger partial charge < -0.3 is 15.0 Å². The number of carbonyl (C=O) groups is 2. The van der Waals surface area contributed by atoms with Crippen LogP contribution in [0.25, 0.3) is 0 Å². The summed E-state index contributed by atoms with van der Waals surface area (Å²) >= 11 is 0. The van der Waals surface area contributed by atoms with Gasteiger partial charge in [-0.05, 0) is 79.9 Å². The van der Waals surface area contributed by atoms with E-state index in [2.05, 4.69) is 5.32 Å². The number of aryl methyl sites for hydroxylation is 2. The minimum absolute atomic E-state index is 0.0499. The third kappa shape index (κ3) is 10.1. The van der Waals surface area contributed by atoms with Gasteiger partial charge in [-0.2, -0.15) is 0 Å². The van der Waals surface area contributed by atoms with Gasteiger partial charge in [0.2, 0.25) is 11.8 Å². The Hall–Kier alpha value is -5.41. The smallest absolute Gasteiger partial charge is 0.264 e. The lowest BCUT2D eigenvalue weighted by Crippen LogP contribution is -2.53. The molecule has 1 N–H and O–H groups in total. The summed E-state index contributed by atoms with van der Waals surface area (Å²) in [6.07, 6.45) is 1.95. The lowest BCUT2D eigenvalue weighted by atomic mass is 10.0. The van der Waals surface area contributed by atoms with Gasteiger partial charge in [0.15, 0.2) is 0 Å². The van der Waals surface area contributed by atoms with Crippen molar-refractivity contribution in [2.45, 2.75) is 57.5 Å². The van der Waals surface area contributed by atoms with Gasteiger partial charge in [-0.3, -0.25) is 13.9 Å². The van der Waals surface area contributed by atoms with Crippen molar-refractivity contribution in [1.29, 1.82) is 0 Å². The van der Waals surface area contributed by atoms with Gasteiger partial charge in [0, 0.05) is 19.5 Å². The molecule has 1 atom stereocenters. The number of anilines is 1. The molecule has 9 heteroatoms. The van der Waals surface area contributed by atoms with Gasteiger partial charge >= 0.3 is 0 Å². The molecular weight excluding hydrogens is 659 g/mol. The van der Waals surface area contributed by atoms with E-state index >= 15 is 0 Å². The second-order valence-corrected chi connectivity index (χ2v) is 14.5. The van der Waals surface area contributed by atoms with E-state index < -0.39 is 28.5 Å². The summed E-state index contributed by atoms with van der Waals surface area (Å²) in [6, 6.07) is 38.8. The molecule has 2 amide bonds. The van der Waals surface area contributed by atoms with Crippen LogP contribution in [0.15, 0.2) is 138 Å². The molecule has 51 heavy (non-hydrogen) atoms. The van der Waals surface area contributed by atoms with E-state index in [1.54, 1.807) is 48.5 Å². The molecule has 0 heterocycles. The average Bonchev–Trinajstić information content (AvgIpc) is 3.13. The minimum atomic E-state index is -4.23. The Labute approximate surface area is 301 Å². The van der Waals surface area contributed by atoms with Crippen molar-refractivity contribution in [1.82, 2.24) is 10.2 Å². The van der Waals surface area contributed by atoms with Crippen molar-refractivity contribution in [3.05, 3.63) is 156 Å². The Kier molecular flexibility index (Phi) is 12.6. The van der Waals surface area contributed by atoms with E-state index in [1.807, 2.05) is 106 Å². The third-order valence-electron chi connectivity index (χ3n) is 8.53. The topological polar surface area (TPSA) is 96.0 Å². The zero-order valence-electron chi connectivity index (χ0n) is 29.4. The van der Waals surface area contributed by atoms with E-state index in [0.717, 1.165) is 39.4 Å². The van der Waals surface area contributed by atoms with Gasteiger partial charge in [0.1, 0.15) is 24.1 Å². The number of sulfonamides is 1. The van der Waals surface area contributed by atoms with Crippen molar-refractivity contribution in [2.75, 3.05) is 17.4 Å². The number of carbonyl (C=O) groups excluding carboxylic acids is 2. The summed E-state index contributed by atoms with van der Waals surface area (Å²) in [5.74, 6) is 0.349. The standard InChI is InChI=1S/C42H45N3O5S/c1-4-5-27-43-42(47)40(29-34-14-8-6-9-15-34)44(30-35-16-12-13-33(3)28-35)41(46)31-45(51(48,49)39-25-19-32(2)20-26-39)36-21-23-38(24-22-36)50-37-17-10-7-11-18-37/h6-26,28,40H,4-5,27,29-31H2,1-3H3,(H,43,47). The summed E-state index contributed by atoms with van der Waals surface area (Å²) in [5.41, 5.74) is 3.91. The van der Waals surface area contributed by atoms with Crippen LogP contribution in [-0.2, 0) is 32.6 Å². The molecule has 0 aliphatic carbocycles. The monoisotopic (exact) mass is 703 g/mol. The molecule has 0 saturated heterocycles. The normalized spacial score (nSPS) is 11.7. The highest BCUT2D eigenvalue weighted by Crippen LogP contribution is 2.29. The molecule has 0 radical (unpaired) electrons. The van der Waals surface area contributed by atoms with Crippen molar-refractivity contribution >= 4 is 27.5 Å². The van der Waals surface area contributed by atoms with Crippen LogP contribution in [0.1, 0.15) is 42.0 Å². The maximum atomic E-state index is 14.7. The number of hydrogen-bond acceptors (Lipinski definition) is 5. The lowest BCUT2D eigenvalue weighted by Gasteiger charge is -2.34. The summed E-state index contributed by atoms with van der Waals surface area (Å²) in [7, 11) is -4.23. The molecule has 0 aliphatic rings. The van der Waals surface area contributed by atoms with Gasteiger partial charge in [-0.15, -0.1) is 0 Å². The van der Waals surface area contributed by atoms with E-state index in [0.29, 0.717) is 18.0 Å². The fourth-order valence-electron chi connectivity index (χ4n) is 5.74. The Morgan fingerprint density at radius 1 is 0.725 bits per heavy atom. The number of amides is 2. The highest BCUT2D eigenvalue weighted by atomic mass is 32.2. The highest BCUT2D eigenvalue weighted by Gasteiger charge is 2.34. The maximum Gasteiger partial charge on any atom is 0.264 e. The number of benzene rings is 5. The van der Waals surface area contributed by atoms with Gasteiger partial charge in [-0.25, -0.2) is 8.42 Å². The Bertz CT molecular complexity index is 1980. The van der Waals surface area contributed by atoms with E-state index in [4.69, 9.17) is 4.74 Å². The second-order valence-electron chi connectivity index (χ2n) is 12.6. The number of ether oxygens (including phenoxy) is 1. The third-order valence-corrected chi connectivity index (χ3v) is 10.3. The van der Waals surface area contributed by atoms with Crippen molar-refractivity contribution in [3.8, 4) is 11.5 Å². The summed E-state index contributed by atoms with van der Waals surface area (Å²) in [5, 5.41) is 3.03. The number of nitrogens with zero attached hydrogens (tertiary/aromatic N) is 2. The molecule has 5 rings (SSSR count). The maximum absolute atomic E-state index is 14.7. The molecule has 8 nitrogen and oxygen atoms in total. The molecule has 5 aromatic carbocycles. The number of unbranched alkanes of at least 4 members (excludes halogenated alkanes) is 1. The molecule has 0 saturated carbocycles.